The van der Waals surface area contributed by atoms with E-state index in [4.69, 9.17) is 9.26 Å². The average Bonchev–Trinajstić information content (AvgIpc) is 3.03. The van der Waals surface area contributed by atoms with E-state index in [1.807, 2.05) is 36.4 Å². The van der Waals surface area contributed by atoms with Crippen LogP contribution in [0.25, 0.3) is 11.4 Å². The van der Waals surface area contributed by atoms with Gasteiger partial charge in [-0.2, -0.15) is 4.98 Å². The minimum atomic E-state index is 0.230. The van der Waals surface area contributed by atoms with Crippen molar-refractivity contribution in [1.29, 1.82) is 0 Å². The van der Waals surface area contributed by atoms with E-state index >= 15 is 0 Å². The van der Waals surface area contributed by atoms with E-state index in [2.05, 4.69) is 55.0 Å². The van der Waals surface area contributed by atoms with Gasteiger partial charge in [0.05, 0.1) is 4.47 Å². The topological polar surface area (TPSA) is 48.2 Å². The number of halogens is 2. The zero-order chi connectivity index (χ0) is 16.2. The minimum absolute atomic E-state index is 0.230. The van der Waals surface area contributed by atoms with Crippen molar-refractivity contribution in [3.05, 3.63) is 62.9 Å². The van der Waals surface area contributed by atoms with Gasteiger partial charge in [0.2, 0.25) is 5.82 Å². The maximum Gasteiger partial charge on any atom is 0.264 e. The highest BCUT2D eigenvalue weighted by Gasteiger charge is 2.10. The summed E-state index contributed by atoms with van der Waals surface area (Å²) in [4.78, 5) is 4.36. The summed E-state index contributed by atoms with van der Waals surface area (Å²) < 4.78 is 12.9. The van der Waals surface area contributed by atoms with Gasteiger partial charge in [-0.3, -0.25) is 0 Å². The Morgan fingerprint density at radius 2 is 1.87 bits per heavy atom. The predicted molar refractivity (Wildman–Crippen MR) is 95.3 cm³/mol. The fourth-order valence-corrected chi connectivity index (χ4v) is 2.86. The van der Waals surface area contributed by atoms with Gasteiger partial charge in [-0.1, -0.05) is 34.1 Å². The summed E-state index contributed by atoms with van der Waals surface area (Å²) in [5.74, 6) is 1.75. The number of hydrogen-bond acceptors (Lipinski definition) is 4. The molecule has 0 saturated carbocycles. The molecule has 118 valence electrons. The molecule has 0 N–H and O–H groups in total. The molecule has 6 heteroatoms. The quantitative estimate of drug-likeness (QED) is 0.535. The lowest BCUT2D eigenvalue weighted by Crippen LogP contribution is -1.97. The van der Waals surface area contributed by atoms with Crippen molar-refractivity contribution in [3.8, 4) is 17.1 Å². The molecule has 1 aromatic heterocycles. The second kappa shape index (κ2) is 7.27. The number of nitrogens with zero attached hydrogens (tertiary/aromatic N) is 2. The Balaban J connectivity index is 1.69. The van der Waals surface area contributed by atoms with E-state index in [1.165, 1.54) is 5.56 Å². The summed E-state index contributed by atoms with van der Waals surface area (Å²) in [6.07, 6.45) is 0.985. The third-order valence-electron chi connectivity index (χ3n) is 3.33. The molecular weight excluding hydrogens is 424 g/mol. The molecule has 3 rings (SSSR count). The van der Waals surface area contributed by atoms with Crippen LogP contribution in [0.2, 0.25) is 0 Å². The Morgan fingerprint density at radius 3 is 2.57 bits per heavy atom. The van der Waals surface area contributed by atoms with E-state index in [9.17, 15) is 0 Å². The SMILES string of the molecule is CCc1ccc(OCc2nc(-c3ccc(Br)cc3)no2)c(Br)c1. The maximum atomic E-state index is 5.74. The Labute approximate surface area is 151 Å². The summed E-state index contributed by atoms with van der Waals surface area (Å²) >= 11 is 6.92. The van der Waals surface area contributed by atoms with Crippen LogP contribution in [0.3, 0.4) is 0 Å². The van der Waals surface area contributed by atoms with Crippen LogP contribution in [0.15, 0.2) is 55.9 Å². The normalized spacial score (nSPS) is 10.7. The number of aryl methyl sites for hydroxylation is 1. The second-order valence-corrected chi connectivity index (χ2v) is 6.70. The van der Waals surface area contributed by atoms with Crippen molar-refractivity contribution in [2.75, 3.05) is 0 Å². The smallest absolute Gasteiger partial charge is 0.264 e. The molecule has 0 fully saturated rings. The summed E-state index contributed by atoms with van der Waals surface area (Å²) in [5, 5.41) is 3.99. The van der Waals surface area contributed by atoms with Crippen LogP contribution in [0.1, 0.15) is 18.4 Å². The Hall–Kier alpha value is -1.66. The molecule has 0 atom stereocenters. The van der Waals surface area contributed by atoms with E-state index in [0.29, 0.717) is 11.7 Å². The van der Waals surface area contributed by atoms with Crippen LogP contribution >= 0.6 is 31.9 Å². The molecular formula is C17H14Br2N2O2. The fourth-order valence-electron chi connectivity index (χ4n) is 2.05. The molecule has 0 saturated heterocycles. The van der Waals surface area contributed by atoms with E-state index < -0.39 is 0 Å². The lowest BCUT2D eigenvalue weighted by Gasteiger charge is -2.07. The molecule has 0 radical (unpaired) electrons. The van der Waals surface area contributed by atoms with Crippen LogP contribution in [0, 0.1) is 0 Å². The number of benzene rings is 2. The molecule has 2 aromatic carbocycles. The molecule has 0 aliphatic carbocycles. The van der Waals surface area contributed by atoms with Crippen molar-refractivity contribution < 1.29 is 9.26 Å². The number of rotatable bonds is 5. The van der Waals surface area contributed by atoms with Crippen molar-refractivity contribution in [1.82, 2.24) is 10.1 Å². The van der Waals surface area contributed by atoms with Crippen molar-refractivity contribution in [2.24, 2.45) is 0 Å². The van der Waals surface area contributed by atoms with Crippen LogP contribution in [-0.4, -0.2) is 10.1 Å². The molecule has 1 heterocycles. The molecule has 23 heavy (non-hydrogen) atoms. The lowest BCUT2D eigenvalue weighted by atomic mass is 10.2. The summed E-state index contributed by atoms with van der Waals surface area (Å²) in [6.45, 7) is 2.35. The Kier molecular flexibility index (Phi) is 5.13. The van der Waals surface area contributed by atoms with E-state index in [1.54, 1.807) is 0 Å². The number of aromatic nitrogens is 2. The van der Waals surface area contributed by atoms with Gasteiger partial charge in [-0.25, -0.2) is 0 Å². The first kappa shape index (κ1) is 16.2. The van der Waals surface area contributed by atoms with Crippen molar-refractivity contribution >= 4 is 31.9 Å². The highest BCUT2D eigenvalue weighted by atomic mass is 79.9. The van der Waals surface area contributed by atoms with Gasteiger partial charge in [-0.05, 0) is 64.3 Å². The standard InChI is InChI=1S/C17H14Br2N2O2/c1-2-11-3-8-15(14(19)9-11)22-10-16-20-17(21-23-16)12-4-6-13(18)7-5-12/h3-9H,2,10H2,1H3. The third-order valence-corrected chi connectivity index (χ3v) is 4.47. The Bertz CT molecular complexity index is 801. The number of ether oxygens (including phenoxy) is 1. The first-order valence-corrected chi connectivity index (χ1v) is 8.74. The van der Waals surface area contributed by atoms with Gasteiger partial charge >= 0.3 is 0 Å². The van der Waals surface area contributed by atoms with Gasteiger partial charge in [0, 0.05) is 10.0 Å². The largest absolute Gasteiger partial charge is 0.483 e. The monoisotopic (exact) mass is 436 g/mol. The van der Waals surface area contributed by atoms with Crippen molar-refractivity contribution in [3.63, 3.8) is 0 Å². The van der Waals surface area contributed by atoms with Crippen molar-refractivity contribution in [2.45, 2.75) is 20.0 Å². The van der Waals surface area contributed by atoms with E-state index in [-0.39, 0.29) is 6.61 Å². The van der Waals surface area contributed by atoms with Crippen LogP contribution < -0.4 is 4.74 Å². The van der Waals surface area contributed by atoms with Crippen LogP contribution in [0.5, 0.6) is 5.75 Å². The molecule has 0 unspecified atom stereocenters. The summed E-state index contributed by atoms with van der Waals surface area (Å²) in [5.41, 5.74) is 2.15. The number of hydrogen-bond donors (Lipinski definition) is 0. The molecule has 0 aliphatic rings. The highest BCUT2D eigenvalue weighted by molar-refractivity contribution is 9.10. The molecule has 0 bridgehead atoms. The molecule has 3 aromatic rings. The van der Waals surface area contributed by atoms with Gasteiger partial charge in [0.1, 0.15) is 5.75 Å². The summed E-state index contributed by atoms with van der Waals surface area (Å²) in [7, 11) is 0. The Morgan fingerprint density at radius 1 is 1.09 bits per heavy atom. The van der Waals surface area contributed by atoms with Crippen LogP contribution in [0.4, 0.5) is 0 Å². The molecule has 0 amide bonds. The molecule has 4 nitrogen and oxygen atoms in total. The highest BCUT2D eigenvalue weighted by Crippen LogP contribution is 2.27. The molecule has 0 spiro atoms. The van der Waals surface area contributed by atoms with Gasteiger partial charge in [0.15, 0.2) is 6.61 Å². The lowest BCUT2D eigenvalue weighted by molar-refractivity contribution is 0.241. The molecule has 0 aliphatic heterocycles. The first-order valence-electron chi connectivity index (χ1n) is 7.15. The van der Waals surface area contributed by atoms with Gasteiger partial charge < -0.3 is 9.26 Å². The maximum absolute atomic E-state index is 5.74. The van der Waals surface area contributed by atoms with Crippen LogP contribution in [-0.2, 0) is 13.0 Å². The summed E-state index contributed by atoms with van der Waals surface area (Å²) in [6, 6.07) is 13.8. The van der Waals surface area contributed by atoms with Gasteiger partial charge in [0.25, 0.3) is 5.89 Å². The fraction of sp³-hybridized carbons (Fsp3) is 0.176. The minimum Gasteiger partial charge on any atom is -0.483 e. The van der Waals surface area contributed by atoms with E-state index in [0.717, 1.165) is 26.7 Å². The first-order chi connectivity index (χ1) is 11.2. The average molecular weight is 438 g/mol. The van der Waals surface area contributed by atoms with Gasteiger partial charge in [-0.15, -0.1) is 0 Å². The third kappa shape index (κ3) is 4.00. The zero-order valence-corrected chi connectivity index (χ0v) is 15.6. The second-order valence-electron chi connectivity index (χ2n) is 4.93. The predicted octanol–water partition coefficient (Wildman–Crippen LogP) is 5.40. The zero-order valence-electron chi connectivity index (χ0n) is 12.4.